The molecule has 0 spiro atoms. The van der Waals surface area contributed by atoms with E-state index in [1.54, 1.807) is 20.8 Å². The smallest absolute Gasteiger partial charge is 0.308 e. The van der Waals surface area contributed by atoms with Crippen LogP contribution in [0.1, 0.15) is 34.1 Å². The van der Waals surface area contributed by atoms with Gasteiger partial charge >= 0.3 is 5.97 Å². The maximum absolute atomic E-state index is 11.3. The molecule has 0 fully saturated rings. The maximum atomic E-state index is 11.3. The van der Waals surface area contributed by atoms with E-state index >= 15 is 0 Å². The number of nitrogens with two attached hydrogens (primary N) is 2. The molecule has 0 aromatic rings. The number of amides is 1. The quantitative estimate of drug-likeness (QED) is 0.626. The van der Waals surface area contributed by atoms with E-state index in [2.05, 4.69) is 0 Å². The van der Waals surface area contributed by atoms with E-state index < -0.39 is 23.0 Å². The fourth-order valence-electron chi connectivity index (χ4n) is 0.765. The first-order valence-electron chi connectivity index (χ1n) is 4.35. The van der Waals surface area contributed by atoms with E-state index in [4.69, 9.17) is 16.2 Å². The van der Waals surface area contributed by atoms with Gasteiger partial charge in [0.1, 0.15) is 11.1 Å². The van der Waals surface area contributed by atoms with Crippen molar-refractivity contribution >= 4 is 11.9 Å². The Morgan fingerprint density at radius 1 is 1.21 bits per heavy atom. The van der Waals surface area contributed by atoms with Crippen LogP contribution in [0, 0.1) is 0 Å². The van der Waals surface area contributed by atoms with Gasteiger partial charge in [-0.1, -0.05) is 0 Å². The molecule has 82 valence electrons. The second-order valence-electron chi connectivity index (χ2n) is 4.54. The van der Waals surface area contributed by atoms with Crippen LogP contribution in [0.4, 0.5) is 0 Å². The molecule has 0 aliphatic heterocycles. The van der Waals surface area contributed by atoms with Gasteiger partial charge in [0.05, 0.1) is 6.42 Å². The Bertz CT molecular complexity index is 241. The molecule has 0 bridgehead atoms. The van der Waals surface area contributed by atoms with Crippen molar-refractivity contribution in [2.75, 3.05) is 0 Å². The van der Waals surface area contributed by atoms with Gasteiger partial charge < -0.3 is 16.2 Å². The highest BCUT2D eigenvalue weighted by atomic mass is 16.6. The fraction of sp³-hybridized carbons (Fsp3) is 0.778. The first-order chi connectivity index (χ1) is 6.04. The SMILES string of the molecule is CC(C)(C)OC(=O)CC(C)(N)C(N)=O. The first-order valence-corrected chi connectivity index (χ1v) is 4.35. The highest BCUT2D eigenvalue weighted by Gasteiger charge is 2.31. The van der Waals surface area contributed by atoms with E-state index in [0.717, 1.165) is 0 Å². The van der Waals surface area contributed by atoms with Gasteiger partial charge in [0.25, 0.3) is 0 Å². The van der Waals surface area contributed by atoms with Crippen molar-refractivity contribution in [1.82, 2.24) is 0 Å². The summed E-state index contributed by atoms with van der Waals surface area (Å²) in [5.74, 6) is -1.25. The summed E-state index contributed by atoms with van der Waals surface area (Å²) in [6, 6.07) is 0. The monoisotopic (exact) mass is 202 g/mol. The highest BCUT2D eigenvalue weighted by molar-refractivity contribution is 5.88. The molecule has 0 saturated carbocycles. The zero-order valence-corrected chi connectivity index (χ0v) is 9.09. The summed E-state index contributed by atoms with van der Waals surface area (Å²) in [5.41, 5.74) is 8.59. The lowest BCUT2D eigenvalue weighted by Gasteiger charge is -2.24. The van der Waals surface area contributed by atoms with Crippen LogP contribution in [0.2, 0.25) is 0 Å². The van der Waals surface area contributed by atoms with E-state index in [0.29, 0.717) is 0 Å². The van der Waals surface area contributed by atoms with Crippen molar-refractivity contribution in [3.05, 3.63) is 0 Å². The average molecular weight is 202 g/mol. The third-order valence-corrected chi connectivity index (χ3v) is 1.49. The average Bonchev–Trinajstić information content (AvgIpc) is 1.79. The Morgan fingerprint density at radius 2 is 1.64 bits per heavy atom. The lowest BCUT2D eigenvalue weighted by molar-refractivity contribution is -0.157. The number of rotatable bonds is 3. The number of esters is 1. The zero-order valence-electron chi connectivity index (χ0n) is 9.09. The Kier molecular flexibility index (Phi) is 3.65. The summed E-state index contributed by atoms with van der Waals surface area (Å²) in [6.07, 6.45) is -0.209. The molecule has 5 heteroatoms. The minimum Gasteiger partial charge on any atom is -0.460 e. The van der Waals surface area contributed by atoms with E-state index in [9.17, 15) is 9.59 Å². The molecule has 0 heterocycles. The summed E-state index contributed by atoms with van der Waals surface area (Å²) in [5, 5.41) is 0. The standard InChI is InChI=1S/C9H18N2O3/c1-8(2,3)14-6(12)5-9(4,11)7(10)13/h5,11H2,1-4H3,(H2,10,13). The van der Waals surface area contributed by atoms with Crippen molar-refractivity contribution < 1.29 is 14.3 Å². The highest BCUT2D eigenvalue weighted by Crippen LogP contribution is 2.12. The molecule has 0 saturated heterocycles. The number of carbonyl (C=O) groups excluding carboxylic acids is 2. The molecule has 1 unspecified atom stereocenters. The molecule has 1 atom stereocenters. The third kappa shape index (κ3) is 4.81. The molecule has 4 N–H and O–H groups in total. The van der Waals surface area contributed by atoms with Crippen LogP contribution in [-0.2, 0) is 14.3 Å². The summed E-state index contributed by atoms with van der Waals surface area (Å²) in [4.78, 5) is 22.1. The van der Waals surface area contributed by atoms with Crippen LogP contribution in [0.5, 0.6) is 0 Å². The second kappa shape index (κ2) is 3.96. The van der Waals surface area contributed by atoms with Gasteiger partial charge in [0, 0.05) is 0 Å². The molecule has 0 aliphatic rings. The summed E-state index contributed by atoms with van der Waals surface area (Å²) < 4.78 is 5.00. The Morgan fingerprint density at radius 3 is 1.93 bits per heavy atom. The van der Waals surface area contributed by atoms with Gasteiger partial charge in [-0.05, 0) is 27.7 Å². The summed E-state index contributed by atoms with van der Waals surface area (Å²) in [6.45, 7) is 6.62. The van der Waals surface area contributed by atoms with Crippen LogP contribution in [-0.4, -0.2) is 23.0 Å². The molecule has 0 rings (SSSR count). The molecule has 1 amide bonds. The van der Waals surface area contributed by atoms with Crippen LogP contribution in [0.3, 0.4) is 0 Å². The maximum Gasteiger partial charge on any atom is 0.308 e. The number of ether oxygens (including phenoxy) is 1. The predicted octanol–water partition coefficient (Wildman–Crippen LogP) is -0.0791. The molecular formula is C9H18N2O3. The van der Waals surface area contributed by atoms with E-state index in [-0.39, 0.29) is 6.42 Å². The van der Waals surface area contributed by atoms with E-state index in [1.807, 2.05) is 0 Å². The number of hydrogen-bond acceptors (Lipinski definition) is 4. The minimum atomic E-state index is -1.34. The summed E-state index contributed by atoms with van der Waals surface area (Å²) >= 11 is 0. The van der Waals surface area contributed by atoms with Gasteiger partial charge in [0.15, 0.2) is 0 Å². The van der Waals surface area contributed by atoms with Gasteiger partial charge in [-0.25, -0.2) is 0 Å². The van der Waals surface area contributed by atoms with Gasteiger partial charge in [-0.3, -0.25) is 9.59 Å². The number of primary amides is 1. The third-order valence-electron chi connectivity index (χ3n) is 1.49. The Balaban J connectivity index is 4.27. The zero-order chi connectivity index (χ0) is 11.6. The number of carbonyl (C=O) groups is 2. The lowest BCUT2D eigenvalue weighted by atomic mass is 9.99. The fourth-order valence-corrected chi connectivity index (χ4v) is 0.765. The van der Waals surface area contributed by atoms with Crippen molar-refractivity contribution in [2.45, 2.75) is 45.3 Å². The molecule has 14 heavy (non-hydrogen) atoms. The van der Waals surface area contributed by atoms with Crippen LogP contribution in [0.25, 0.3) is 0 Å². The largest absolute Gasteiger partial charge is 0.460 e. The summed E-state index contributed by atoms with van der Waals surface area (Å²) in [7, 11) is 0. The van der Waals surface area contributed by atoms with Crippen molar-refractivity contribution in [3.63, 3.8) is 0 Å². The van der Waals surface area contributed by atoms with Crippen molar-refractivity contribution in [2.24, 2.45) is 11.5 Å². The van der Waals surface area contributed by atoms with Gasteiger partial charge in [-0.2, -0.15) is 0 Å². The Labute approximate surface area is 83.8 Å². The lowest BCUT2D eigenvalue weighted by Crippen LogP contribution is -2.51. The minimum absolute atomic E-state index is 0.209. The molecule has 5 nitrogen and oxygen atoms in total. The molecular weight excluding hydrogens is 184 g/mol. The predicted molar refractivity (Wildman–Crippen MR) is 52.2 cm³/mol. The molecule has 0 aliphatic carbocycles. The molecule has 0 aromatic heterocycles. The normalized spacial score (nSPS) is 15.8. The van der Waals surface area contributed by atoms with Crippen molar-refractivity contribution in [1.29, 1.82) is 0 Å². The van der Waals surface area contributed by atoms with Crippen LogP contribution < -0.4 is 11.5 Å². The van der Waals surface area contributed by atoms with Crippen LogP contribution >= 0.6 is 0 Å². The van der Waals surface area contributed by atoms with Crippen LogP contribution in [0.15, 0.2) is 0 Å². The Hall–Kier alpha value is -1.10. The van der Waals surface area contributed by atoms with Gasteiger partial charge in [0.2, 0.25) is 5.91 Å². The van der Waals surface area contributed by atoms with Crippen molar-refractivity contribution in [3.8, 4) is 0 Å². The molecule has 0 aromatic carbocycles. The topological polar surface area (TPSA) is 95.4 Å². The number of hydrogen-bond donors (Lipinski definition) is 2. The van der Waals surface area contributed by atoms with E-state index in [1.165, 1.54) is 6.92 Å². The molecule has 0 radical (unpaired) electrons. The first kappa shape index (κ1) is 12.9. The van der Waals surface area contributed by atoms with Gasteiger partial charge in [-0.15, -0.1) is 0 Å². The second-order valence-corrected chi connectivity index (χ2v) is 4.54.